The number of anilines is 1. The Morgan fingerprint density at radius 3 is 2.38 bits per heavy atom. The Labute approximate surface area is 191 Å². The Morgan fingerprint density at radius 1 is 1.03 bits per heavy atom. The predicted molar refractivity (Wildman–Crippen MR) is 127 cm³/mol. The van der Waals surface area contributed by atoms with E-state index in [1.807, 2.05) is 30.0 Å². The monoisotopic (exact) mass is 440 g/mol. The van der Waals surface area contributed by atoms with Crippen LogP contribution in [0.5, 0.6) is 11.5 Å². The minimum Gasteiger partial charge on any atom is -0.493 e. The molecule has 0 N–H and O–H groups in total. The van der Waals surface area contributed by atoms with Crippen LogP contribution in [-0.4, -0.2) is 60.7 Å². The van der Waals surface area contributed by atoms with Gasteiger partial charge in [-0.05, 0) is 37.5 Å². The molecule has 2 heterocycles. The first-order valence-corrected chi connectivity index (χ1v) is 11.5. The number of ether oxygens (including phenoxy) is 2. The highest BCUT2D eigenvalue weighted by molar-refractivity contribution is 5.95. The van der Waals surface area contributed by atoms with Gasteiger partial charge in [0.15, 0.2) is 11.5 Å². The molecule has 7 heteroatoms. The maximum absolute atomic E-state index is 13.1. The van der Waals surface area contributed by atoms with Gasteiger partial charge >= 0.3 is 0 Å². The van der Waals surface area contributed by atoms with Gasteiger partial charge in [-0.3, -0.25) is 4.79 Å². The van der Waals surface area contributed by atoms with Crippen molar-refractivity contribution < 1.29 is 14.3 Å². The lowest BCUT2D eigenvalue weighted by Crippen LogP contribution is -2.49. The SMILES string of the molecule is COc1cc(C(=O)N2CCN(c3cc(C)nc(C(C)C)n3)CC2)ccc1OCCC(C)C. The van der Waals surface area contributed by atoms with Crippen molar-refractivity contribution in [3.8, 4) is 11.5 Å². The van der Waals surface area contributed by atoms with Gasteiger partial charge in [-0.15, -0.1) is 0 Å². The number of carbonyl (C=O) groups excluding carboxylic acids is 1. The van der Waals surface area contributed by atoms with E-state index in [0.29, 0.717) is 42.7 Å². The van der Waals surface area contributed by atoms with Crippen LogP contribution in [0.3, 0.4) is 0 Å². The van der Waals surface area contributed by atoms with E-state index in [4.69, 9.17) is 14.5 Å². The molecule has 1 fully saturated rings. The summed E-state index contributed by atoms with van der Waals surface area (Å²) in [4.78, 5) is 26.5. The van der Waals surface area contributed by atoms with Crippen molar-refractivity contribution in [2.24, 2.45) is 5.92 Å². The van der Waals surface area contributed by atoms with E-state index >= 15 is 0 Å². The summed E-state index contributed by atoms with van der Waals surface area (Å²) in [5, 5.41) is 0. The summed E-state index contributed by atoms with van der Waals surface area (Å²) in [5.41, 5.74) is 1.59. The molecule has 1 amide bonds. The molecule has 7 nitrogen and oxygen atoms in total. The van der Waals surface area contributed by atoms with E-state index in [1.165, 1.54) is 0 Å². The van der Waals surface area contributed by atoms with Crippen molar-refractivity contribution in [2.75, 3.05) is 44.8 Å². The highest BCUT2D eigenvalue weighted by Gasteiger charge is 2.24. The largest absolute Gasteiger partial charge is 0.493 e. The summed E-state index contributed by atoms with van der Waals surface area (Å²) in [6.45, 7) is 13.9. The fourth-order valence-corrected chi connectivity index (χ4v) is 3.64. The Kier molecular flexibility index (Phi) is 7.94. The number of aromatic nitrogens is 2. The van der Waals surface area contributed by atoms with Crippen molar-refractivity contribution in [3.63, 3.8) is 0 Å². The number of piperazine rings is 1. The molecule has 32 heavy (non-hydrogen) atoms. The lowest BCUT2D eigenvalue weighted by molar-refractivity contribution is 0.0746. The van der Waals surface area contributed by atoms with E-state index in [2.05, 4.69) is 37.6 Å². The van der Waals surface area contributed by atoms with Gasteiger partial charge in [0, 0.05) is 49.4 Å². The Bertz CT molecular complexity index is 921. The van der Waals surface area contributed by atoms with Crippen LogP contribution in [0.4, 0.5) is 5.82 Å². The normalized spacial score (nSPS) is 14.2. The van der Waals surface area contributed by atoms with Gasteiger partial charge in [-0.2, -0.15) is 0 Å². The maximum Gasteiger partial charge on any atom is 0.254 e. The van der Waals surface area contributed by atoms with E-state index in [-0.39, 0.29) is 11.8 Å². The summed E-state index contributed by atoms with van der Waals surface area (Å²) < 4.78 is 11.3. The van der Waals surface area contributed by atoms with Gasteiger partial charge in [0.05, 0.1) is 13.7 Å². The molecule has 1 aliphatic rings. The van der Waals surface area contributed by atoms with Crippen LogP contribution in [-0.2, 0) is 0 Å². The van der Waals surface area contributed by atoms with Gasteiger partial charge in [-0.1, -0.05) is 27.7 Å². The molecule has 0 spiro atoms. The number of amides is 1. The van der Waals surface area contributed by atoms with Gasteiger partial charge < -0.3 is 19.3 Å². The van der Waals surface area contributed by atoms with Crippen molar-refractivity contribution in [1.29, 1.82) is 0 Å². The van der Waals surface area contributed by atoms with Gasteiger partial charge in [-0.25, -0.2) is 9.97 Å². The first kappa shape index (κ1) is 23.8. The summed E-state index contributed by atoms with van der Waals surface area (Å²) in [5.74, 6) is 3.94. The van der Waals surface area contributed by atoms with Crippen LogP contribution in [0.1, 0.15) is 61.9 Å². The minimum atomic E-state index is 0.0124. The number of hydrogen-bond donors (Lipinski definition) is 0. The molecule has 1 aromatic carbocycles. The molecule has 3 rings (SSSR count). The van der Waals surface area contributed by atoms with E-state index in [1.54, 1.807) is 13.2 Å². The number of methoxy groups -OCH3 is 1. The average molecular weight is 441 g/mol. The molecule has 0 bridgehead atoms. The zero-order chi connectivity index (χ0) is 23.3. The standard InChI is InChI=1S/C25H36N4O3/c1-17(2)9-14-32-21-8-7-20(16-22(21)31-6)25(30)29-12-10-28(11-13-29)23-15-19(5)26-24(27-23)18(3)4/h7-8,15-18H,9-14H2,1-6H3. The maximum atomic E-state index is 13.1. The van der Waals surface area contributed by atoms with Crippen molar-refractivity contribution in [2.45, 2.75) is 47.0 Å². The highest BCUT2D eigenvalue weighted by atomic mass is 16.5. The summed E-state index contributed by atoms with van der Waals surface area (Å²) in [7, 11) is 1.60. The second-order valence-corrected chi connectivity index (χ2v) is 9.06. The molecule has 0 atom stereocenters. The quantitative estimate of drug-likeness (QED) is 0.610. The van der Waals surface area contributed by atoms with Crippen LogP contribution in [0.25, 0.3) is 0 Å². The van der Waals surface area contributed by atoms with Crippen LogP contribution in [0.15, 0.2) is 24.3 Å². The number of aryl methyl sites for hydroxylation is 1. The number of nitrogens with zero attached hydrogens (tertiary/aromatic N) is 4. The van der Waals surface area contributed by atoms with Crippen molar-refractivity contribution in [3.05, 3.63) is 41.3 Å². The molecule has 174 valence electrons. The van der Waals surface area contributed by atoms with Gasteiger partial charge in [0.25, 0.3) is 5.91 Å². The van der Waals surface area contributed by atoms with Crippen LogP contribution in [0, 0.1) is 12.8 Å². The number of rotatable bonds is 8. The Morgan fingerprint density at radius 2 is 1.75 bits per heavy atom. The zero-order valence-electron chi connectivity index (χ0n) is 20.2. The molecule has 1 aliphatic heterocycles. The Hall–Kier alpha value is -2.83. The number of hydrogen-bond acceptors (Lipinski definition) is 6. The molecule has 0 radical (unpaired) electrons. The van der Waals surface area contributed by atoms with Crippen LogP contribution in [0.2, 0.25) is 0 Å². The molecule has 0 unspecified atom stereocenters. The van der Waals surface area contributed by atoms with Gasteiger partial charge in [0.2, 0.25) is 0 Å². The second-order valence-electron chi connectivity index (χ2n) is 9.06. The molecular weight excluding hydrogens is 404 g/mol. The molecule has 1 aromatic heterocycles. The fourth-order valence-electron chi connectivity index (χ4n) is 3.64. The first-order chi connectivity index (χ1) is 15.3. The smallest absolute Gasteiger partial charge is 0.254 e. The lowest BCUT2D eigenvalue weighted by Gasteiger charge is -2.35. The van der Waals surface area contributed by atoms with Gasteiger partial charge in [0.1, 0.15) is 11.6 Å². The predicted octanol–water partition coefficient (Wildman–Crippen LogP) is 4.30. The summed E-state index contributed by atoms with van der Waals surface area (Å²) >= 11 is 0. The third kappa shape index (κ3) is 5.90. The molecule has 0 aliphatic carbocycles. The van der Waals surface area contributed by atoms with Crippen molar-refractivity contribution >= 4 is 11.7 Å². The van der Waals surface area contributed by atoms with E-state index in [0.717, 1.165) is 36.8 Å². The summed E-state index contributed by atoms with van der Waals surface area (Å²) in [6, 6.07) is 7.46. The lowest BCUT2D eigenvalue weighted by atomic mass is 10.1. The highest BCUT2D eigenvalue weighted by Crippen LogP contribution is 2.29. The van der Waals surface area contributed by atoms with E-state index in [9.17, 15) is 4.79 Å². The van der Waals surface area contributed by atoms with E-state index < -0.39 is 0 Å². The zero-order valence-corrected chi connectivity index (χ0v) is 20.2. The third-order valence-corrected chi connectivity index (χ3v) is 5.63. The molecular formula is C25H36N4O3. The first-order valence-electron chi connectivity index (χ1n) is 11.5. The Balaban J connectivity index is 1.64. The van der Waals surface area contributed by atoms with Crippen LogP contribution < -0.4 is 14.4 Å². The number of carbonyl (C=O) groups is 1. The third-order valence-electron chi connectivity index (χ3n) is 5.63. The fraction of sp³-hybridized carbons (Fsp3) is 0.560. The molecule has 1 saturated heterocycles. The van der Waals surface area contributed by atoms with Crippen LogP contribution >= 0.6 is 0 Å². The number of benzene rings is 1. The average Bonchev–Trinajstić information content (AvgIpc) is 2.78. The topological polar surface area (TPSA) is 67.8 Å². The second kappa shape index (κ2) is 10.7. The van der Waals surface area contributed by atoms with Crippen molar-refractivity contribution in [1.82, 2.24) is 14.9 Å². The minimum absolute atomic E-state index is 0.0124. The summed E-state index contributed by atoms with van der Waals surface area (Å²) in [6.07, 6.45) is 0.971. The molecule has 2 aromatic rings. The molecule has 0 saturated carbocycles.